The zero-order valence-electron chi connectivity index (χ0n) is 14.2. The summed E-state index contributed by atoms with van der Waals surface area (Å²) >= 11 is 0. The lowest BCUT2D eigenvalue weighted by Crippen LogP contribution is -2.40. The third kappa shape index (κ3) is 3.12. The second kappa shape index (κ2) is 6.74. The molecule has 0 saturated carbocycles. The summed E-state index contributed by atoms with van der Waals surface area (Å²) in [4.78, 5) is 31.4. The third-order valence-electron chi connectivity index (χ3n) is 4.81. The van der Waals surface area contributed by atoms with Gasteiger partial charge in [0.15, 0.2) is 5.65 Å². The van der Waals surface area contributed by atoms with Gasteiger partial charge < -0.3 is 4.90 Å². The van der Waals surface area contributed by atoms with E-state index in [1.54, 1.807) is 29.3 Å². The van der Waals surface area contributed by atoms with Gasteiger partial charge in [-0.2, -0.15) is 0 Å². The van der Waals surface area contributed by atoms with E-state index in [9.17, 15) is 14.0 Å². The summed E-state index contributed by atoms with van der Waals surface area (Å²) in [7, 11) is 0. The standard InChI is InChI=1S/C19H19FN4O2/c20-14-5-3-4-13(10-14)11-18(25)23-9-2-1-6-16(23)15-12-19(26)24-17(22-15)7-8-21-24/h3-5,7-8,10,12,16,21H,1-2,6,9,11H2/t16-/m1/s1. The fraction of sp³-hybridized carbons (Fsp3) is 0.316. The number of nitrogens with zero attached hydrogens (tertiary/aromatic N) is 3. The van der Waals surface area contributed by atoms with Crippen LogP contribution in [0.4, 0.5) is 4.39 Å². The predicted molar refractivity (Wildman–Crippen MR) is 94.2 cm³/mol. The van der Waals surface area contributed by atoms with Crippen molar-refractivity contribution in [1.29, 1.82) is 0 Å². The zero-order chi connectivity index (χ0) is 18.1. The molecule has 6 nitrogen and oxygen atoms in total. The maximum atomic E-state index is 13.4. The molecule has 7 heteroatoms. The van der Waals surface area contributed by atoms with E-state index in [0.29, 0.717) is 23.4 Å². The number of halogens is 1. The second-order valence-electron chi connectivity index (χ2n) is 6.58. The van der Waals surface area contributed by atoms with Crippen LogP contribution >= 0.6 is 0 Å². The molecule has 1 atom stereocenters. The van der Waals surface area contributed by atoms with Crippen LogP contribution in [0.25, 0.3) is 5.65 Å². The van der Waals surface area contributed by atoms with Crippen LogP contribution in [0, 0.1) is 5.82 Å². The molecule has 1 amide bonds. The number of hydrogen-bond donors (Lipinski definition) is 1. The molecule has 2 aromatic heterocycles. The summed E-state index contributed by atoms with van der Waals surface area (Å²) in [6.07, 6.45) is 4.45. The van der Waals surface area contributed by atoms with Gasteiger partial charge in [0.05, 0.1) is 18.2 Å². The van der Waals surface area contributed by atoms with Gasteiger partial charge >= 0.3 is 0 Å². The van der Waals surface area contributed by atoms with Crippen molar-refractivity contribution in [3.8, 4) is 0 Å². The number of rotatable bonds is 3. The molecule has 4 rings (SSSR count). The van der Waals surface area contributed by atoms with Crippen LogP contribution in [0.5, 0.6) is 0 Å². The maximum absolute atomic E-state index is 13.4. The smallest absolute Gasteiger partial charge is 0.272 e. The summed E-state index contributed by atoms with van der Waals surface area (Å²) < 4.78 is 14.8. The van der Waals surface area contributed by atoms with Gasteiger partial charge in [-0.15, -0.1) is 0 Å². The van der Waals surface area contributed by atoms with Crippen LogP contribution in [0.2, 0.25) is 0 Å². The van der Waals surface area contributed by atoms with Gasteiger partial charge in [-0.05, 0) is 37.0 Å². The summed E-state index contributed by atoms with van der Waals surface area (Å²) in [5.41, 5.74) is 1.60. The quantitative estimate of drug-likeness (QED) is 0.785. The van der Waals surface area contributed by atoms with Gasteiger partial charge in [-0.25, -0.2) is 13.9 Å². The molecule has 134 valence electrons. The molecule has 0 unspecified atom stereocenters. The highest BCUT2D eigenvalue weighted by Gasteiger charge is 2.29. The number of hydrogen-bond acceptors (Lipinski definition) is 3. The van der Waals surface area contributed by atoms with Crippen LogP contribution in [0.3, 0.4) is 0 Å². The molecule has 1 fully saturated rings. The Morgan fingerprint density at radius 1 is 1.27 bits per heavy atom. The van der Waals surface area contributed by atoms with E-state index < -0.39 is 0 Å². The van der Waals surface area contributed by atoms with Crippen molar-refractivity contribution < 1.29 is 9.18 Å². The largest absolute Gasteiger partial charge is 0.334 e. The Hall–Kier alpha value is -2.96. The highest BCUT2D eigenvalue weighted by atomic mass is 19.1. The number of likely N-dealkylation sites (tertiary alicyclic amines) is 1. The van der Waals surface area contributed by atoms with E-state index in [2.05, 4.69) is 10.1 Å². The Bertz CT molecular complexity index is 1010. The maximum Gasteiger partial charge on any atom is 0.272 e. The lowest BCUT2D eigenvalue weighted by atomic mass is 9.98. The van der Waals surface area contributed by atoms with Gasteiger partial charge in [-0.1, -0.05) is 12.1 Å². The number of benzene rings is 1. The molecule has 26 heavy (non-hydrogen) atoms. The Morgan fingerprint density at radius 3 is 3.00 bits per heavy atom. The van der Waals surface area contributed by atoms with Crippen molar-refractivity contribution in [2.75, 3.05) is 6.54 Å². The number of fused-ring (bicyclic) bond motifs is 1. The molecule has 1 saturated heterocycles. The van der Waals surface area contributed by atoms with Crippen LogP contribution in [-0.2, 0) is 11.2 Å². The summed E-state index contributed by atoms with van der Waals surface area (Å²) in [5.74, 6) is -0.422. The molecule has 1 aliphatic rings. The fourth-order valence-electron chi connectivity index (χ4n) is 3.58. The third-order valence-corrected chi connectivity index (χ3v) is 4.81. The van der Waals surface area contributed by atoms with Crippen molar-refractivity contribution >= 4 is 11.6 Å². The van der Waals surface area contributed by atoms with E-state index in [4.69, 9.17) is 0 Å². The van der Waals surface area contributed by atoms with Crippen molar-refractivity contribution in [1.82, 2.24) is 19.5 Å². The first-order valence-electron chi connectivity index (χ1n) is 8.73. The highest BCUT2D eigenvalue weighted by Crippen LogP contribution is 2.30. The van der Waals surface area contributed by atoms with Gasteiger partial charge in [0, 0.05) is 24.9 Å². The van der Waals surface area contributed by atoms with Crippen molar-refractivity contribution in [2.45, 2.75) is 31.7 Å². The summed E-state index contributed by atoms with van der Waals surface area (Å²) in [6.45, 7) is 0.618. The minimum absolute atomic E-state index is 0.0728. The molecule has 0 spiro atoms. The number of carbonyl (C=O) groups is 1. The van der Waals surface area contributed by atoms with Crippen LogP contribution in [0.1, 0.15) is 36.6 Å². The minimum atomic E-state index is -0.349. The molecule has 0 aliphatic carbocycles. The number of nitrogens with one attached hydrogen (secondary N) is 1. The number of H-pyrrole nitrogens is 1. The van der Waals surface area contributed by atoms with E-state index in [-0.39, 0.29) is 29.7 Å². The van der Waals surface area contributed by atoms with Gasteiger partial charge in [0.2, 0.25) is 5.91 Å². The molecular weight excluding hydrogens is 335 g/mol. The average Bonchev–Trinajstić information content (AvgIpc) is 3.11. The predicted octanol–water partition coefficient (Wildman–Crippen LogP) is 2.46. The van der Waals surface area contributed by atoms with Crippen LogP contribution in [0.15, 0.2) is 47.4 Å². The topological polar surface area (TPSA) is 70.5 Å². The Kier molecular flexibility index (Phi) is 4.28. The van der Waals surface area contributed by atoms with Crippen molar-refractivity contribution in [3.05, 3.63) is 70.0 Å². The molecule has 0 radical (unpaired) electrons. The van der Waals surface area contributed by atoms with E-state index in [0.717, 1.165) is 19.3 Å². The highest BCUT2D eigenvalue weighted by molar-refractivity contribution is 5.79. The second-order valence-corrected chi connectivity index (χ2v) is 6.58. The van der Waals surface area contributed by atoms with Crippen molar-refractivity contribution in [2.24, 2.45) is 0 Å². The van der Waals surface area contributed by atoms with Crippen LogP contribution in [-0.4, -0.2) is 31.9 Å². The van der Waals surface area contributed by atoms with E-state index in [1.807, 2.05) is 0 Å². The number of aromatic nitrogens is 3. The number of carbonyl (C=O) groups excluding carboxylic acids is 1. The summed E-state index contributed by atoms with van der Waals surface area (Å²) in [5, 5.41) is 2.82. The lowest BCUT2D eigenvalue weighted by molar-refractivity contribution is -0.134. The molecule has 1 aromatic carbocycles. The van der Waals surface area contributed by atoms with Crippen molar-refractivity contribution in [3.63, 3.8) is 0 Å². The molecule has 3 aromatic rings. The summed E-state index contributed by atoms with van der Waals surface area (Å²) in [6, 6.07) is 9.09. The normalized spacial score (nSPS) is 17.6. The Balaban J connectivity index is 1.63. The zero-order valence-corrected chi connectivity index (χ0v) is 14.2. The minimum Gasteiger partial charge on any atom is -0.334 e. The number of piperidine rings is 1. The number of aromatic amines is 1. The SMILES string of the molecule is O=C(Cc1cccc(F)c1)N1CCCC[C@@H]1c1cc(=O)n2[nH]ccc2n1. The molecule has 0 bridgehead atoms. The first kappa shape index (κ1) is 16.5. The van der Waals surface area contributed by atoms with E-state index in [1.165, 1.54) is 22.7 Å². The molecule has 1 aliphatic heterocycles. The molecular formula is C19H19FN4O2. The first-order chi connectivity index (χ1) is 12.6. The molecule has 1 N–H and O–H groups in total. The van der Waals surface area contributed by atoms with Crippen LogP contribution < -0.4 is 5.56 Å². The monoisotopic (exact) mass is 354 g/mol. The van der Waals surface area contributed by atoms with Gasteiger partial charge in [-0.3, -0.25) is 14.7 Å². The van der Waals surface area contributed by atoms with E-state index >= 15 is 0 Å². The number of amides is 1. The first-order valence-corrected chi connectivity index (χ1v) is 8.73. The van der Waals surface area contributed by atoms with Gasteiger partial charge in [0.1, 0.15) is 5.82 Å². The van der Waals surface area contributed by atoms with Gasteiger partial charge in [0.25, 0.3) is 5.56 Å². The molecule has 3 heterocycles. The Morgan fingerprint density at radius 2 is 2.15 bits per heavy atom. The average molecular weight is 354 g/mol. The fourth-order valence-corrected chi connectivity index (χ4v) is 3.58. The lowest BCUT2D eigenvalue weighted by Gasteiger charge is -2.35. The Labute approximate surface area is 149 Å².